The second kappa shape index (κ2) is 8.33. The first-order valence-corrected chi connectivity index (χ1v) is 8.16. The number of para-hydroxylation sites is 1. The van der Waals surface area contributed by atoms with Crippen molar-refractivity contribution in [1.82, 2.24) is 0 Å². The van der Waals surface area contributed by atoms with Crippen LogP contribution in [0.2, 0.25) is 0 Å². The molecule has 122 valence electrons. The average molecular weight is 313 g/mol. The van der Waals surface area contributed by atoms with E-state index in [9.17, 15) is 9.59 Å². The fourth-order valence-corrected chi connectivity index (χ4v) is 3.26. The minimum atomic E-state index is -0.855. The lowest BCUT2D eigenvalue weighted by Crippen LogP contribution is -2.43. The summed E-state index contributed by atoms with van der Waals surface area (Å²) >= 11 is 0. The largest absolute Gasteiger partial charge is 0.369 e. The molecule has 0 radical (unpaired) electrons. The van der Waals surface area contributed by atoms with E-state index in [4.69, 9.17) is 11.0 Å². The van der Waals surface area contributed by atoms with E-state index in [2.05, 4.69) is 0 Å². The van der Waals surface area contributed by atoms with Crippen molar-refractivity contribution >= 4 is 17.5 Å². The van der Waals surface area contributed by atoms with Crippen LogP contribution < -0.4 is 10.6 Å². The van der Waals surface area contributed by atoms with Crippen molar-refractivity contribution in [1.29, 1.82) is 5.26 Å². The van der Waals surface area contributed by atoms with E-state index in [1.54, 1.807) is 24.3 Å². The van der Waals surface area contributed by atoms with Crippen molar-refractivity contribution < 1.29 is 9.59 Å². The molecule has 1 saturated carbocycles. The van der Waals surface area contributed by atoms with Gasteiger partial charge in [-0.15, -0.1) is 0 Å². The second-order valence-corrected chi connectivity index (χ2v) is 6.11. The third kappa shape index (κ3) is 4.56. The van der Waals surface area contributed by atoms with Gasteiger partial charge in [-0.05, 0) is 24.5 Å². The fraction of sp³-hybridized carbons (Fsp3) is 0.500. The summed E-state index contributed by atoms with van der Waals surface area (Å²) < 4.78 is 0. The van der Waals surface area contributed by atoms with Gasteiger partial charge in [0.1, 0.15) is 12.5 Å². The van der Waals surface area contributed by atoms with Gasteiger partial charge in [-0.1, -0.05) is 50.3 Å². The van der Waals surface area contributed by atoms with Gasteiger partial charge in [0.15, 0.2) is 0 Å². The molecular formula is C18H23N3O2. The quantitative estimate of drug-likeness (QED) is 0.647. The number of nitrogens with zero attached hydrogens (tertiary/aromatic N) is 2. The lowest BCUT2D eigenvalue weighted by Gasteiger charge is -2.28. The SMILES string of the molecule is N#CCN(C(=O)C(CC1CCCCC1)C(N)=O)c1ccccc1. The Labute approximate surface area is 137 Å². The van der Waals surface area contributed by atoms with Crippen LogP contribution in [0.5, 0.6) is 0 Å². The molecule has 1 fully saturated rings. The first kappa shape index (κ1) is 17.0. The van der Waals surface area contributed by atoms with E-state index in [1.165, 1.54) is 11.3 Å². The van der Waals surface area contributed by atoms with E-state index >= 15 is 0 Å². The Bertz CT molecular complexity index is 574. The number of anilines is 1. The number of nitriles is 1. The van der Waals surface area contributed by atoms with Crippen molar-refractivity contribution in [3.63, 3.8) is 0 Å². The van der Waals surface area contributed by atoms with Gasteiger partial charge in [0.2, 0.25) is 11.8 Å². The summed E-state index contributed by atoms with van der Waals surface area (Å²) in [7, 11) is 0. The molecule has 0 heterocycles. The highest BCUT2D eigenvalue weighted by atomic mass is 16.2. The summed E-state index contributed by atoms with van der Waals surface area (Å²) in [4.78, 5) is 26.0. The molecule has 0 bridgehead atoms. The molecular weight excluding hydrogens is 290 g/mol. The second-order valence-electron chi connectivity index (χ2n) is 6.11. The van der Waals surface area contributed by atoms with E-state index in [1.807, 2.05) is 12.1 Å². The molecule has 1 unspecified atom stereocenters. The Balaban J connectivity index is 2.16. The monoisotopic (exact) mass is 313 g/mol. The highest BCUT2D eigenvalue weighted by Crippen LogP contribution is 2.30. The molecule has 1 aromatic rings. The average Bonchev–Trinajstić information content (AvgIpc) is 2.58. The Morgan fingerprint density at radius 2 is 1.87 bits per heavy atom. The van der Waals surface area contributed by atoms with Gasteiger partial charge in [-0.2, -0.15) is 5.26 Å². The number of carbonyl (C=O) groups is 2. The van der Waals surface area contributed by atoms with Crippen molar-refractivity contribution in [2.45, 2.75) is 38.5 Å². The number of hydrogen-bond acceptors (Lipinski definition) is 3. The topological polar surface area (TPSA) is 87.2 Å². The minimum Gasteiger partial charge on any atom is -0.369 e. The summed E-state index contributed by atoms with van der Waals surface area (Å²) in [5, 5.41) is 9.03. The molecule has 23 heavy (non-hydrogen) atoms. The van der Waals surface area contributed by atoms with Crippen LogP contribution in [0.3, 0.4) is 0 Å². The third-order valence-corrected chi connectivity index (χ3v) is 4.50. The standard InChI is InChI=1S/C18H23N3O2/c19-11-12-21(15-9-5-2-6-10-15)18(23)16(17(20)22)13-14-7-3-1-4-8-14/h2,5-6,9-10,14,16H,1,3-4,7-8,12-13H2,(H2,20,22). The first-order valence-electron chi connectivity index (χ1n) is 8.16. The summed E-state index contributed by atoms with van der Waals surface area (Å²) in [6, 6.07) is 11.0. The molecule has 2 N–H and O–H groups in total. The molecule has 2 rings (SSSR count). The van der Waals surface area contributed by atoms with Gasteiger partial charge < -0.3 is 5.73 Å². The third-order valence-electron chi connectivity index (χ3n) is 4.50. The maximum atomic E-state index is 12.8. The number of carbonyl (C=O) groups excluding carboxylic acids is 2. The Kier molecular flexibility index (Phi) is 6.16. The van der Waals surface area contributed by atoms with Crippen LogP contribution in [-0.4, -0.2) is 18.4 Å². The van der Waals surface area contributed by atoms with E-state index < -0.39 is 11.8 Å². The molecule has 1 aromatic carbocycles. The Hall–Kier alpha value is -2.35. The van der Waals surface area contributed by atoms with Crippen LogP contribution in [0.25, 0.3) is 0 Å². The lowest BCUT2D eigenvalue weighted by atomic mass is 9.82. The van der Waals surface area contributed by atoms with Crippen LogP contribution >= 0.6 is 0 Å². The normalized spacial score (nSPS) is 16.3. The van der Waals surface area contributed by atoms with E-state index in [-0.39, 0.29) is 12.5 Å². The minimum absolute atomic E-state index is 0.0860. The van der Waals surface area contributed by atoms with Crippen LogP contribution in [0, 0.1) is 23.2 Å². The lowest BCUT2D eigenvalue weighted by molar-refractivity contribution is -0.132. The number of primary amides is 1. The molecule has 0 aromatic heterocycles. The van der Waals surface area contributed by atoms with E-state index in [0.29, 0.717) is 18.0 Å². The van der Waals surface area contributed by atoms with Crippen molar-refractivity contribution in [3.8, 4) is 6.07 Å². The van der Waals surface area contributed by atoms with Crippen LogP contribution in [-0.2, 0) is 9.59 Å². The first-order chi connectivity index (χ1) is 11.1. The molecule has 5 nitrogen and oxygen atoms in total. The van der Waals surface area contributed by atoms with Gasteiger partial charge in [0.05, 0.1) is 6.07 Å². The molecule has 0 saturated heterocycles. The molecule has 1 atom stereocenters. The highest BCUT2D eigenvalue weighted by molar-refractivity contribution is 6.07. The maximum absolute atomic E-state index is 12.8. The van der Waals surface area contributed by atoms with Crippen molar-refractivity contribution in [2.24, 2.45) is 17.6 Å². The Morgan fingerprint density at radius 1 is 1.22 bits per heavy atom. The zero-order valence-corrected chi connectivity index (χ0v) is 13.3. The van der Waals surface area contributed by atoms with Gasteiger partial charge in [-0.25, -0.2) is 0 Å². The summed E-state index contributed by atoms with van der Waals surface area (Å²) in [6.45, 7) is -0.0860. The van der Waals surface area contributed by atoms with E-state index in [0.717, 1.165) is 25.7 Å². The highest BCUT2D eigenvalue weighted by Gasteiger charge is 2.32. The van der Waals surface area contributed by atoms with Gasteiger partial charge >= 0.3 is 0 Å². The van der Waals surface area contributed by atoms with Crippen LogP contribution in [0.1, 0.15) is 38.5 Å². The van der Waals surface area contributed by atoms with Crippen LogP contribution in [0.4, 0.5) is 5.69 Å². The van der Waals surface area contributed by atoms with Crippen LogP contribution in [0.15, 0.2) is 30.3 Å². The molecule has 5 heteroatoms. The number of amides is 2. The zero-order chi connectivity index (χ0) is 16.7. The summed E-state index contributed by atoms with van der Waals surface area (Å²) in [5.74, 6) is -1.45. The summed E-state index contributed by atoms with van der Waals surface area (Å²) in [6.07, 6.45) is 6.08. The predicted molar refractivity (Wildman–Crippen MR) is 88.3 cm³/mol. The number of rotatable bonds is 6. The maximum Gasteiger partial charge on any atom is 0.240 e. The fourth-order valence-electron chi connectivity index (χ4n) is 3.26. The van der Waals surface area contributed by atoms with Gasteiger partial charge in [-0.3, -0.25) is 14.5 Å². The zero-order valence-electron chi connectivity index (χ0n) is 13.3. The molecule has 0 aliphatic heterocycles. The number of hydrogen-bond donors (Lipinski definition) is 1. The molecule has 1 aliphatic carbocycles. The van der Waals surface area contributed by atoms with Crippen molar-refractivity contribution in [3.05, 3.63) is 30.3 Å². The number of nitrogens with two attached hydrogens (primary N) is 1. The molecule has 2 amide bonds. The molecule has 0 spiro atoms. The van der Waals surface area contributed by atoms with Crippen molar-refractivity contribution in [2.75, 3.05) is 11.4 Å². The molecule has 1 aliphatic rings. The summed E-state index contributed by atoms with van der Waals surface area (Å²) in [5.41, 5.74) is 6.12. The predicted octanol–water partition coefficient (Wildman–Crippen LogP) is 2.62. The smallest absolute Gasteiger partial charge is 0.240 e. The Morgan fingerprint density at radius 3 is 2.43 bits per heavy atom. The number of benzene rings is 1. The van der Waals surface area contributed by atoms with Gasteiger partial charge in [0.25, 0.3) is 0 Å². The van der Waals surface area contributed by atoms with Gasteiger partial charge in [0, 0.05) is 5.69 Å².